The van der Waals surface area contributed by atoms with Crippen LogP contribution in [0.15, 0.2) is 11.6 Å². The third-order valence-corrected chi connectivity index (χ3v) is 5.21. The number of thiazole rings is 1. The Morgan fingerprint density at radius 1 is 1.54 bits per heavy atom. The van der Waals surface area contributed by atoms with E-state index in [1.54, 1.807) is 11.3 Å². The van der Waals surface area contributed by atoms with Gasteiger partial charge in [-0.15, -0.1) is 11.3 Å². The number of rotatable bonds is 5. The number of aromatic amines is 1. The molecule has 1 aliphatic rings. The summed E-state index contributed by atoms with van der Waals surface area (Å²) in [6, 6.07) is -0.131. The molecule has 2 amide bonds. The molecule has 24 heavy (non-hydrogen) atoms. The number of amides is 2. The maximum absolute atomic E-state index is 12.5. The number of aryl methyl sites for hydroxylation is 3. The fourth-order valence-corrected chi connectivity index (χ4v) is 3.67. The number of urea groups is 1. The van der Waals surface area contributed by atoms with Crippen molar-refractivity contribution in [3.05, 3.63) is 33.5 Å². The van der Waals surface area contributed by atoms with Gasteiger partial charge < -0.3 is 15.0 Å². The summed E-state index contributed by atoms with van der Waals surface area (Å²) in [5.74, 6) is 0. The Kier molecular flexibility index (Phi) is 5.47. The van der Waals surface area contributed by atoms with Crippen molar-refractivity contribution in [3.8, 4) is 0 Å². The minimum atomic E-state index is -0.0893. The lowest BCUT2D eigenvalue weighted by atomic mass is 10.1. The monoisotopic (exact) mass is 349 g/mol. The molecule has 1 atom stereocenters. The molecule has 2 aromatic rings. The number of hydrogen-bond acceptors (Lipinski definition) is 5. The molecule has 8 heteroatoms. The Morgan fingerprint density at radius 3 is 3.12 bits per heavy atom. The Bertz CT molecular complexity index is 684. The lowest BCUT2D eigenvalue weighted by molar-refractivity contribution is 0.0116. The first-order valence-corrected chi connectivity index (χ1v) is 9.06. The average molecular weight is 349 g/mol. The van der Waals surface area contributed by atoms with Crippen LogP contribution in [0.5, 0.6) is 0 Å². The summed E-state index contributed by atoms with van der Waals surface area (Å²) in [6.45, 7) is 6.29. The second-order valence-electron chi connectivity index (χ2n) is 5.97. The van der Waals surface area contributed by atoms with E-state index in [9.17, 15) is 4.79 Å². The summed E-state index contributed by atoms with van der Waals surface area (Å²) in [5, 5.41) is 12.9. The fourth-order valence-electron chi connectivity index (χ4n) is 2.78. The molecular weight excluding hydrogens is 326 g/mol. The third-order valence-electron chi connectivity index (χ3n) is 4.14. The number of nitrogens with one attached hydrogen (secondary N) is 2. The second kappa shape index (κ2) is 7.76. The van der Waals surface area contributed by atoms with Gasteiger partial charge in [0.25, 0.3) is 0 Å². The highest BCUT2D eigenvalue weighted by Crippen LogP contribution is 2.26. The molecule has 1 saturated heterocycles. The number of hydrogen-bond donors (Lipinski definition) is 2. The highest BCUT2D eigenvalue weighted by Gasteiger charge is 2.30. The van der Waals surface area contributed by atoms with Crippen LogP contribution in [0.2, 0.25) is 0 Å². The van der Waals surface area contributed by atoms with Crippen LogP contribution in [0, 0.1) is 13.8 Å². The van der Waals surface area contributed by atoms with Crippen LogP contribution >= 0.6 is 11.3 Å². The van der Waals surface area contributed by atoms with E-state index in [1.807, 2.05) is 30.3 Å². The molecule has 2 aromatic heterocycles. The second-order valence-corrected chi connectivity index (χ2v) is 6.86. The SMILES string of the molecule is Cc1csc(C2COCCN2C(=O)NCCCc2cn[nH]c2C)n1. The number of carbonyl (C=O) groups excluding carboxylic acids is 1. The lowest BCUT2D eigenvalue weighted by Gasteiger charge is -2.34. The summed E-state index contributed by atoms with van der Waals surface area (Å²) < 4.78 is 5.55. The van der Waals surface area contributed by atoms with Crippen molar-refractivity contribution in [1.29, 1.82) is 0 Å². The van der Waals surface area contributed by atoms with Gasteiger partial charge in [-0.1, -0.05) is 0 Å². The van der Waals surface area contributed by atoms with E-state index in [0.29, 0.717) is 26.3 Å². The molecule has 0 aliphatic carbocycles. The van der Waals surface area contributed by atoms with Gasteiger partial charge in [0, 0.05) is 29.9 Å². The van der Waals surface area contributed by atoms with Crippen molar-refractivity contribution in [2.75, 3.05) is 26.3 Å². The molecule has 0 bridgehead atoms. The molecule has 3 heterocycles. The quantitative estimate of drug-likeness (QED) is 0.811. The van der Waals surface area contributed by atoms with E-state index in [2.05, 4.69) is 20.5 Å². The van der Waals surface area contributed by atoms with Gasteiger partial charge in [0.2, 0.25) is 0 Å². The molecule has 3 rings (SSSR count). The lowest BCUT2D eigenvalue weighted by Crippen LogP contribution is -2.48. The van der Waals surface area contributed by atoms with E-state index < -0.39 is 0 Å². The van der Waals surface area contributed by atoms with E-state index in [1.165, 1.54) is 5.56 Å². The smallest absolute Gasteiger partial charge is 0.318 e. The van der Waals surface area contributed by atoms with Crippen LogP contribution < -0.4 is 5.32 Å². The van der Waals surface area contributed by atoms with Gasteiger partial charge >= 0.3 is 6.03 Å². The van der Waals surface area contributed by atoms with Crippen molar-refractivity contribution in [3.63, 3.8) is 0 Å². The molecule has 1 fully saturated rings. The average Bonchev–Trinajstić information content (AvgIpc) is 3.20. The first-order chi connectivity index (χ1) is 11.6. The molecule has 0 aromatic carbocycles. The number of nitrogens with zero attached hydrogens (tertiary/aromatic N) is 3. The summed E-state index contributed by atoms with van der Waals surface area (Å²) in [4.78, 5) is 18.9. The molecular formula is C16H23N5O2S. The summed E-state index contributed by atoms with van der Waals surface area (Å²) in [6.07, 6.45) is 3.64. The van der Waals surface area contributed by atoms with Crippen LogP contribution in [-0.4, -0.2) is 52.4 Å². The third kappa shape index (κ3) is 3.93. The van der Waals surface area contributed by atoms with Gasteiger partial charge in [0.1, 0.15) is 11.0 Å². The van der Waals surface area contributed by atoms with E-state index >= 15 is 0 Å². The molecule has 7 nitrogen and oxygen atoms in total. The maximum atomic E-state index is 12.5. The summed E-state index contributed by atoms with van der Waals surface area (Å²) >= 11 is 1.58. The van der Waals surface area contributed by atoms with Gasteiger partial charge in [0.05, 0.1) is 19.4 Å². The van der Waals surface area contributed by atoms with Crippen LogP contribution in [0.4, 0.5) is 4.79 Å². The number of aromatic nitrogens is 3. The first-order valence-electron chi connectivity index (χ1n) is 8.18. The topological polar surface area (TPSA) is 83.1 Å². The van der Waals surface area contributed by atoms with Gasteiger partial charge in [0.15, 0.2) is 0 Å². The minimum absolute atomic E-state index is 0.0416. The standard InChI is InChI=1S/C16H23N5O2S/c1-11-10-24-15(19-11)14-9-23-7-6-21(14)16(22)17-5-3-4-13-8-18-20-12(13)2/h8,10,14H,3-7,9H2,1-2H3,(H,17,22)(H,18,20). The predicted molar refractivity (Wildman–Crippen MR) is 92.2 cm³/mol. The van der Waals surface area contributed by atoms with Crippen LogP contribution in [-0.2, 0) is 11.2 Å². The van der Waals surface area contributed by atoms with Gasteiger partial charge in [-0.3, -0.25) is 5.10 Å². The molecule has 0 saturated carbocycles. The van der Waals surface area contributed by atoms with E-state index in [0.717, 1.165) is 29.2 Å². The normalized spacial score (nSPS) is 17.9. The van der Waals surface area contributed by atoms with Crippen LogP contribution in [0.3, 0.4) is 0 Å². The van der Waals surface area contributed by atoms with E-state index in [4.69, 9.17) is 4.74 Å². The Balaban J connectivity index is 1.51. The van der Waals surface area contributed by atoms with Crippen molar-refractivity contribution in [2.45, 2.75) is 32.7 Å². The number of carbonyl (C=O) groups is 1. The van der Waals surface area contributed by atoms with Crippen molar-refractivity contribution < 1.29 is 9.53 Å². The van der Waals surface area contributed by atoms with Gasteiger partial charge in [-0.05, 0) is 32.3 Å². The zero-order valence-electron chi connectivity index (χ0n) is 14.0. The number of morpholine rings is 1. The number of H-pyrrole nitrogens is 1. The largest absolute Gasteiger partial charge is 0.377 e. The Hall–Kier alpha value is -1.93. The highest BCUT2D eigenvalue weighted by molar-refractivity contribution is 7.09. The molecule has 0 radical (unpaired) electrons. The van der Waals surface area contributed by atoms with Crippen LogP contribution in [0.1, 0.15) is 34.4 Å². The van der Waals surface area contributed by atoms with Crippen molar-refractivity contribution >= 4 is 17.4 Å². The Labute approximate surface area is 145 Å². The number of ether oxygens (including phenoxy) is 1. The zero-order chi connectivity index (χ0) is 16.9. The summed E-state index contributed by atoms with van der Waals surface area (Å²) in [7, 11) is 0. The van der Waals surface area contributed by atoms with Gasteiger partial charge in [-0.25, -0.2) is 9.78 Å². The fraction of sp³-hybridized carbons (Fsp3) is 0.562. The Morgan fingerprint density at radius 2 is 2.42 bits per heavy atom. The molecule has 1 unspecified atom stereocenters. The summed E-state index contributed by atoms with van der Waals surface area (Å²) in [5.41, 5.74) is 3.27. The van der Waals surface area contributed by atoms with Crippen molar-refractivity contribution in [2.24, 2.45) is 0 Å². The molecule has 130 valence electrons. The van der Waals surface area contributed by atoms with Crippen molar-refractivity contribution in [1.82, 2.24) is 25.4 Å². The molecule has 2 N–H and O–H groups in total. The van der Waals surface area contributed by atoms with Gasteiger partial charge in [-0.2, -0.15) is 5.10 Å². The van der Waals surface area contributed by atoms with E-state index in [-0.39, 0.29) is 12.1 Å². The predicted octanol–water partition coefficient (Wildman–Crippen LogP) is 2.20. The first kappa shape index (κ1) is 16.9. The molecule has 1 aliphatic heterocycles. The highest BCUT2D eigenvalue weighted by atomic mass is 32.1. The maximum Gasteiger partial charge on any atom is 0.318 e. The minimum Gasteiger partial charge on any atom is -0.377 e. The molecule has 0 spiro atoms. The zero-order valence-corrected chi connectivity index (χ0v) is 14.9. The van der Waals surface area contributed by atoms with Crippen LogP contribution in [0.25, 0.3) is 0 Å².